The van der Waals surface area contributed by atoms with Gasteiger partial charge in [-0.25, -0.2) is 0 Å². The number of ether oxygens (including phenoxy) is 1. The zero-order chi connectivity index (χ0) is 13.7. The zero-order valence-electron chi connectivity index (χ0n) is 10.5. The van der Waals surface area contributed by atoms with Gasteiger partial charge in [-0.3, -0.25) is 0 Å². The number of methoxy groups -OCH3 is 1. The Kier molecular flexibility index (Phi) is 4.66. The summed E-state index contributed by atoms with van der Waals surface area (Å²) in [6.45, 7) is 0. The fourth-order valence-electron chi connectivity index (χ4n) is 2.04. The highest BCUT2D eigenvalue weighted by molar-refractivity contribution is 6.30. The van der Waals surface area contributed by atoms with Crippen LogP contribution in [0.2, 0.25) is 5.02 Å². The molecule has 0 spiro atoms. The van der Waals surface area contributed by atoms with Crippen LogP contribution in [0.5, 0.6) is 0 Å². The molecule has 3 nitrogen and oxygen atoms in total. The highest BCUT2D eigenvalue weighted by atomic mass is 35.5. The molecular weight excluding hydrogens is 262 g/mol. The van der Waals surface area contributed by atoms with Gasteiger partial charge in [0.05, 0.1) is 0 Å². The maximum atomic E-state index is 11.2. The van der Waals surface area contributed by atoms with Crippen LogP contribution in [0.1, 0.15) is 23.3 Å². The van der Waals surface area contributed by atoms with Gasteiger partial charge in [0.1, 0.15) is 12.1 Å². The van der Waals surface area contributed by atoms with Crippen LogP contribution in [-0.4, -0.2) is 7.11 Å². The number of nitrogens with zero attached hydrogens (tertiary/aromatic N) is 1. The monoisotopic (exact) mass is 275 g/mol. The summed E-state index contributed by atoms with van der Waals surface area (Å²) < 4.78 is 5.45. The first kappa shape index (κ1) is 13.7. The largest absolute Gasteiger partial charge is 0.374 e. The molecule has 2 aromatic rings. The normalized spacial score (nSPS) is 13.8. The van der Waals surface area contributed by atoms with E-state index in [0.29, 0.717) is 5.02 Å². The van der Waals surface area contributed by atoms with Gasteiger partial charge in [-0.2, -0.15) is 4.91 Å². The molecule has 0 bridgehead atoms. The van der Waals surface area contributed by atoms with E-state index in [4.69, 9.17) is 16.3 Å². The number of benzene rings is 2. The molecule has 98 valence electrons. The molecule has 0 aliphatic heterocycles. The summed E-state index contributed by atoms with van der Waals surface area (Å²) in [6.07, 6.45) is -0.419. The number of rotatable bonds is 5. The molecule has 0 aliphatic rings. The Hall–Kier alpha value is -1.71. The lowest BCUT2D eigenvalue weighted by Crippen LogP contribution is -2.11. The molecule has 0 amide bonds. The minimum Gasteiger partial charge on any atom is -0.374 e. The van der Waals surface area contributed by atoms with E-state index in [9.17, 15) is 4.91 Å². The minimum atomic E-state index is -0.577. The Bertz CT molecular complexity index is 528. The van der Waals surface area contributed by atoms with Crippen LogP contribution in [0.25, 0.3) is 0 Å². The second-order valence-corrected chi connectivity index (χ2v) is 4.61. The SMILES string of the molecule is COC(c1ccc(Cl)cc1)C(N=O)c1ccccc1. The Morgan fingerprint density at radius 2 is 1.63 bits per heavy atom. The van der Waals surface area contributed by atoms with E-state index in [1.165, 1.54) is 0 Å². The van der Waals surface area contributed by atoms with Crippen molar-refractivity contribution in [3.63, 3.8) is 0 Å². The Balaban J connectivity index is 2.34. The molecule has 2 rings (SSSR count). The van der Waals surface area contributed by atoms with Crippen LogP contribution in [0.4, 0.5) is 0 Å². The van der Waals surface area contributed by atoms with Crippen molar-refractivity contribution < 1.29 is 4.74 Å². The Labute approximate surface area is 117 Å². The topological polar surface area (TPSA) is 38.7 Å². The smallest absolute Gasteiger partial charge is 0.147 e. The van der Waals surface area contributed by atoms with Gasteiger partial charge in [-0.05, 0) is 23.3 Å². The molecule has 2 unspecified atom stereocenters. The van der Waals surface area contributed by atoms with Crippen molar-refractivity contribution in [2.45, 2.75) is 12.1 Å². The van der Waals surface area contributed by atoms with Crippen molar-refractivity contribution in [1.82, 2.24) is 0 Å². The molecule has 2 aromatic carbocycles. The summed E-state index contributed by atoms with van der Waals surface area (Å²) in [5.74, 6) is 0. The second-order valence-electron chi connectivity index (χ2n) is 4.17. The van der Waals surface area contributed by atoms with Gasteiger partial charge in [-0.15, -0.1) is 0 Å². The first-order valence-electron chi connectivity index (χ1n) is 5.92. The van der Waals surface area contributed by atoms with Gasteiger partial charge in [0, 0.05) is 12.1 Å². The van der Waals surface area contributed by atoms with Gasteiger partial charge in [-0.1, -0.05) is 59.2 Å². The van der Waals surface area contributed by atoms with Crippen molar-refractivity contribution in [3.8, 4) is 0 Å². The summed E-state index contributed by atoms with van der Waals surface area (Å²) in [5, 5.41) is 3.87. The highest BCUT2D eigenvalue weighted by Gasteiger charge is 2.25. The third kappa shape index (κ3) is 3.19. The first-order chi connectivity index (χ1) is 9.26. The minimum absolute atomic E-state index is 0.419. The lowest BCUT2D eigenvalue weighted by molar-refractivity contribution is 0.0804. The Morgan fingerprint density at radius 3 is 2.16 bits per heavy atom. The van der Waals surface area contributed by atoms with Gasteiger partial charge in [0.15, 0.2) is 0 Å². The van der Waals surface area contributed by atoms with Gasteiger partial charge in [0.25, 0.3) is 0 Å². The summed E-state index contributed by atoms with van der Waals surface area (Å²) in [6, 6.07) is 16.1. The van der Waals surface area contributed by atoms with E-state index in [1.807, 2.05) is 42.5 Å². The summed E-state index contributed by atoms with van der Waals surface area (Å²) in [7, 11) is 1.57. The maximum absolute atomic E-state index is 11.2. The molecule has 0 radical (unpaired) electrons. The molecule has 0 aromatic heterocycles. The molecular formula is C15H14ClNO2. The summed E-state index contributed by atoms with van der Waals surface area (Å²) in [4.78, 5) is 11.2. The van der Waals surface area contributed by atoms with Crippen LogP contribution in [0.3, 0.4) is 0 Å². The van der Waals surface area contributed by atoms with E-state index >= 15 is 0 Å². The van der Waals surface area contributed by atoms with Crippen LogP contribution in [0.15, 0.2) is 59.8 Å². The van der Waals surface area contributed by atoms with Crippen molar-refractivity contribution >= 4 is 11.6 Å². The number of nitroso groups, excluding NO2 is 1. The van der Waals surface area contributed by atoms with Crippen LogP contribution < -0.4 is 0 Å². The highest BCUT2D eigenvalue weighted by Crippen LogP contribution is 2.34. The summed E-state index contributed by atoms with van der Waals surface area (Å²) >= 11 is 5.86. The van der Waals surface area contributed by atoms with E-state index < -0.39 is 12.1 Å². The Morgan fingerprint density at radius 1 is 1.00 bits per heavy atom. The molecule has 4 heteroatoms. The maximum Gasteiger partial charge on any atom is 0.147 e. The van der Waals surface area contributed by atoms with E-state index in [0.717, 1.165) is 11.1 Å². The average Bonchev–Trinajstić information content (AvgIpc) is 2.47. The number of hydrogen-bond donors (Lipinski definition) is 0. The van der Waals surface area contributed by atoms with Crippen molar-refractivity contribution in [3.05, 3.63) is 75.7 Å². The van der Waals surface area contributed by atoms with Crippen molar-refractivity contribution in [2.24, 2.45) is 5.18 Å². The third-order valence-electron chi connectivity index (χ3n) is 2.99. The standard InChI is InChI=1S/C15H14ClNO2/c1-19-15(12-7-9-13(16)10-8-12)14(17-18)11-5-3-2-4-6-11/h2-10,14-15H,1H3. The molecule has 2 atom stereocenters. The predicted molar refractivity (Wildman–Crippen MR) is 76.2 cm³/mol. The molecule has 0 N–H and O–H groups in total. The van der Waals surface area contributed by atoms with E-state index in [-0.39, 0.29) is 0 Å². The molecule has 0 saturated carbocycles. The fourth-order valence-corrected chi connectivity index (χ4v) is 2.17. The van der Waals surface area contributed by atoms with Crippen LogP contribution >= 0.6 is 11.6 Å². The van der Waals surface area contributed by atoms with Gasteiger partial charge >= 0.3 is 0 Å². The number of hydrogen-bond acceptors (Lipinski definition) is 3. The average molecular weight is 276 g/mol. The van der Waals surface area contributed by atoms with Gasteiger partial charge < -0.3 is 4.74 Å². The fraction of sp³-hybridized carbons (Fsp3) is 0.200. The number of halogens is 1. The van der Waals surface area contributed by atoms with Crippen molar-refractivity contribution in [2.75, 3.05) is 7.11 Å². The van der Waals surface area contributed by atoms with Crippen molar-refractivity contribution in [1.29, 1.82) is 0 Å². The second kappa shape index (κ2) is 6.45. The molecule has 0 aliphatic carbocycles. The van der Waals surface area contributed by atoms with E-state index in [2.05, 4.69) is 5.18 Å². The van der Waals surface area contributed by atoms with Crippen LogP contribution in [-0.2, 0) is 4.74 Å². The zero-order valence-corrected chi connectivity index (χ0v) is 11.2. The molecule has 19 heavy (non-hydrogen) atoms. The predicted octanol–water partition coefficient (Wildman–Crippen LogP) is 4.54. The van der Waals surface area contributed by atoms with Crippen LogP contribution in [0, 0.1) is 4.91 Å². The lowest BCUT2D eigenvalue weighted by atomic mass is 9.96. The third-order valence-corrected chi connectivity index (χ3v) is 3.25. The molecule has 0 heterocycles. The van der Waals surface area contributed by atoms with E-state index in [1.54, 1.807) is 19.2 Å². The first-order valence-corrected chi connectivity index (χ1v) is 6.29. The lowest BCUT2D eigenvalue weighted by Gasteiger charge is -2.21. The summed E-state index contributed by atoms with van der Waals surface area (Å²) in [5.41, 5.74) is 1.71. The molecule has 0 fully saturated rings. The quantitative estimate of drug-likeness (QED) is 0.752. The molecule has 0 saturated heterocycles. The van der Waals surface area contributed by atoms with Gasteiger partial charge in [0.2, 0.25) is 0 Å².